The second-order valence-corrected chi connectivity index (χ2v) is 3.40. The number of benzene rings is 2. The summed E-state index contributed by atoms with van der Waals surface area (Å²) in [6.45, 7) is 0. The molecule has 0 unspecified atom stereocenters. The predicted octanol–water partition coefficient (Wildman–Crippen LogP) is 4.27. The van der Waals surface area contributed by atoms with Crippen molar-refractivity contribution in [3.63, 3.8) is 0 Å². The average molecular weight is 223 g/mol. The number of halogens is 2. The highest BCUT2D eigenvalue weighted by Gasteiger charge is 2.02. The molecule has 0 spiro atoms. The number of para-hydroxylation sites is 1. The lowest BCUT2D eigenvalue weighted by Gasteiger charge is -2.05. The Kier molecular flexibility index (Phi) is 2.88. The standard InChI is InChI=1S/C12H8ClFO/c13-11-7-6-10(8-12(11)14)15-9-4-2-1-3-5-9/h1-8H. The maximum atomic E-state index is 13.1. The quantitative estimate of drug-likeness (QED) is 0.737. The molecule has 0 radical (unpaired) electrons. The molecule has 3 heteroatoms. The number of hydrogen-bond acceptors (Lipinski definition) is 1. The summed E-state index contributed by atoms with van der Waals surface area (Å²) in [7, 11) is 0. The molecule has 0 saturated heterocycles. The first kappa shape index (κ1) is 9.99. The van der Waals surface area contributed by atoms with Crippen LogP contribution in [0.1, 0.15) is 0 Å². The van der Waals surface area contributed by atoms with Crippen LogP contribution in [-0.2, 0) is 0 Å². The fourth-order valence-electron chi connectivity index (χ4n) is 1.16. The van der Waals surface area contributed by atoms with Gasteiger partial charge in [0, 0.05) is 6.07 Å². The molecule has 0 amide bonds. The summed E-state index contributed by atoms with van der Waals surface area (Å²) in [5.41, 5.74) is 0. The van der Waals surface area contributed by atoms with Crippen molar-refractivity contribution < 1.29 is 9.13 Å². The van der Waals surface area contributed by atoms with Gasteiger partial charge in [-0.1, -0.05) is 29.8 Å². The fraction of sp³-hybridized carbons (Fsp3) is 0. The zero-order chi connectivity index (χ0) is 10.7. The van der Waals surface area contributed by atoms with Crippen LogP contribution in [0.25, 0.3) is 0 Å². The van der Waals surface area contributed by atoms with Crippen molar-refractivity contribution in [2.24, 2.45) is 0 Å². The fourth-order valence-corrected chi connectivity index (χ4v) is 1.28. The van der Waals surface area contributed by atoms with E-state index in [0.717, 1.165) is 0 Å². The number of hydrogen-bond donors (Lipinski definition) is 0. The van der Waals surface area contributed by atoms with E-state index in [9.17, 15) is 4.39 Å². The van der Waals surface area contributed by atoms with E-state index in [1.807, 2.05) is 18.2 Å². The highest BCUT2D eigenvalue weighted by molar-refractivity contribution is 6.30. The minimum absolute atomic E-state index is 0.0930. The van der Waals surface area contributed by atoms with E-state index in [1.165, 1.54) is 12.1 Å². The third-order valence-corrected chi connectivity index (χ3v) is 2.18. The van der Waals surface area contributed by atoms with Crippen LogP contribution in [0.3, 0.4) is 0 Å². The van der Waals surface area contributed by atoms with Crippen molar-refractivity contribution in [2.45, 2.75) is 0 Å². The number of rotatable bonds is 2. The van der Waals surface area contributed by atoms with Gasteiger partial charge in [-0.3, -0.25) is 0 Å². The molecule has 1 nitrogen and oxygen atoms in total. The highest BCUT2D eigenvalue weighted by Crippen LogP contribution is 2.24. The smallest absolute Gasteiger partial charge is 0.145 e. The molecule has 0 heterocycles. The lowest BCUT2D eigenvalue weighted by Crippen LogP contribution is -1.85. The predicted molar refractivity (Wildman–Crippen MR) is 57.9 cm³/mol. The molecule has 0 bridgehead atoms. The summed E-state index contributed by atoms with van der Waals surface area (Å²) < 4.78 is 18.5. The van der Waals surface area contributed by atoms with Crippen molar-refractivity contribution in [3.8, 4) is 11.5 Å². The van der Waals surface area contributed by atoms with E-state index in [-0.39, 0.29) is 5.02 Å². The Morgan fingerprint density at radius 1 is 0.933 bits per heavy atom. The third-order valence-electron chi connectivity index (χ3n) is 1.87. The van der Waals surface area contributed by atoms with Crippen molar-refractivity contribution >= 4 is 11.6 Å². The first-order chi connectivity index (χ1) is 7.25. The van der Waals surface area contributed by atoms with E-state index in [2.05, 4.69) is 0 Å². The molecule has 0 N–H and O–H groups in total. The SMILES string of the molecule is Fc1cc(Oc2ccccc2)ccc1Cl. The van der Waals surface area contributed by atoms with Crippen LogP contribution in [-0.4, -0.2) is 0 Å². The molecule has 2 aromatic carbocycles. The maximum absolute atomic E-state index is 13.1. The molecule has 76 valence electrons. The first-order valence-corrected chi connectivity index (χ1v) is 4.81. The van der Waals surface area contributed by atoms with Crippen LogP contribution in [0.4, 0.5) is 4.39 Å². The Bertz CT molecular complexity index is 456. The summed E-state index contributed by atoms with van der Waals surface area (Å²) >= 11 is 5.55. The molecule has 0 saturated carbocycles. The Balaban J connectivity index is 2.22. The van der Waals surface area contributed by atoms with Gasteiger partial charge in [-0.25, -0.2) is 4.39 Å². The lowest BCUT2D eigenvalue weighted by atomic mass is 10.3. The summed E-state index contributed by atoms with van der Waals surface area (Å²) in [5.74, 6) is 0.618. The van der Waals surface area contributed by atoms with Gasteiger partial charge in [0.15, 0.2) is 0 Å². The second-order valence-electron chi connectivity index (χ2n) is 2.99. The van der Waals surface area contributed by atoms with E-state index in [1.54, 1.807) is 18.2 Å². The Morgan fingerprint density at radius 2 is 1.67 bits per heavy atom. The van der Waals surface area contributed by atoms with Gasteiger partial charge < -0.3 is 4.74 Å². The van der Waals surface area contributed by atoms with Crippen LogP contribution in [0.5, 0.6) is 11.5 Å². The lowest BCUT2D eigenvalue weighted by molar-refractivity contribution is 0.477. The third kappa shape index (κ3) is 2.48. The van der Waals surface area contributed by atoms with Gasteiger partial charge in [-0.05, 0) is 24.3 Å². The molecule has 2 aromatic rings. The molecule has 0 aromatic heterocycles. The van der Waals surface area contributed by atoms with E-state index in [4.69, 9.17) is 16.3 Å². The van der Waals surface area contributed by atoms with E-state index < -0.39 is 5.82 Å². The van der Waals surface area contributed by atoms with Gasteiger partial charge in [-0.2, -0.15) is 0 Å². The second kappa shape index (κ2) is 4.32. The van der Waals surface area contributed by atoms with Crippen molar-refractivity contribution in [3.05, 3.63) is 59.4 Å². The summed E-state index contributed by atoms with van der Waals surface area (Å²) in [4.78, 5) is 0. The topological polar surface area (TPSA) is 9.23 Å². The maximum Gasteiger partial charge on any atom is 0.145 e. The normalized spacial score (nSPS) is 10.0. The minimum atomic E-state index is -0.481. The van der Waals surface area contributed by atoms with Crippen LogP contribution in [0.2, 0.25) is 5.02 Å². The Morgan fingerprint density at radius 3 is 2.33 bits per heavy atom. The largest absolute Gasteiger partial charge is 0.457 e. The first-order valence-electron chi connectivity index (χ1n) is 4.43. The minimum Gasteiger partial charge on any atom is -0.457 e. The van der Waals surface area contributed by atoms with Gasteiger partial charge in [0.25, 0.3) is 0 Å². The van der Waals surface area contributed by atoms with Gasteiger partial charge in [-0.15, -0.1) is 0 Å². The monoisotopic (exact) mass is 222 g/mol. The van der Waals surface area contributed by atoms with Crippen molar-refractivity contribution in [1.82, 2.24) is 0 Å². The average Bonchev–Trinajstić information content (AvgIpc) is 2.25. The van der Waals surface area contributed by atoms with Crippen LogP contribution < -0.4 is 4.74 Å². The van der Waals surface area contributed by atoms with Crippen LogP contribution in [0.15, 0.2) is 48.5 Å². The van der Waals surface area contributed by atoms with Gasteiger partial charge in [0.1, 0.15) is 17.3 Å². The van der Waals surface area contributed by atoms with Gasteiger partial charge in [0.2, 0.25) is 0 Å². The molecule has 0 aliphatic heterocycles. The van der Waals surface area contributed by atoms with Crippen molar-refractivity contribution in [2.75, 3.05) is 0 Å². The molecular formula is C12H8ClFO. The zero-order valence-electron chi connectivity index (χ0n) is 7.78. The zero-order valence-corrected chi connectivity index (χ0v) is 8.54. The number of ether oxygens (including phenoxy) is 1. The highest BCUT2D eigenvalue weighted by atomic mass is 35.5. The summed E-state index contributed by atoms with van der Waals surface area (Å²) in [6.07, 6.45) is 0. The molecule has 15 heavy (non-hydrogen) atoms. The Labute approximate surface area is 92.1 Å². The molecule has 0 aliphatic rings. The Hall–Kier alpha value is -1.54. The molecular weight excluding hydrogens is 215 g/mol. The van der Waals surface area contributed by atoms with Gasteiger partial charge in [0.05, 0.1) is 5.02 Å². The summed E-state index contributed by atoms with van der Waals surface area (Å²) in [6, 6.07) is 13.5. The molecule has 2 rings (SSSR count). The van der Waals surface area contributed by atoms with Gasteiger partial charge >= 0.3 is 0 Å². The van der Waals surface area contributed by atoms with Crippen LogP contribution in [0, 0.1) is 5.82 Å². The van der Waals surface area contributed by atoms with Crippen LogP contribution >= 0.6 is 11.6 Å². The van der Waals surface area contributed by atoms with E-state index >= 15 is 0 Å². The summed E-state index contributed by atoms with van der Waals surface area (Å²) in [5, 5.41) is 0.0930. The van der Waals surface area contributed by atoms with Crippen molar-refractivity contribution in [1.29, 1.82) is 0 Å². The molecule has 0 fully saturated rings. The van der Waals surface area contributed by atoms with E-state index in [0.29, 0.717) is 11.5 Å². The molecule has 0 atom stereocenters. The molecule has 0 aliphatic carbocycles.